The van der Waals surface area contributed by atoms with E-state index in [-0.39, 0.29) is 16.9 Å². The van der Waals surface area contributed by atoms with E-state index >= 15 is 0 Å². The van der Waals surface area contributed by atoms with Crippen molar-refractivity contribution in [2.75, 3.05) is 5.32 Å². The molecule has 0 fully saturated rings. The number of nitrogens with zero attached hydrogens (tertiary/aromatic N) is 4. The standard InChI is InChI=1S/C23H19Cl2N5O3/c1-23(2)10-17-19(18(31)11-23)20(13-5-8-15(24)16(25)9-13)29-22(26-17)27-21(28-29)12-3-6-14(7-4-12)30(32)33/h3-9,20H,10-11H2,1-2H3,(H,26,27,28). The summed E-state index contributed by atoms with van der Waals surface area (Å²) in [5, 5.41) is 19.8. The number of non-ortho nitro benzene ring substituents is 1. The minimum atomic E-state index is -0.520. The molecule has 2 heterocycles. The van der Waals surface area contributed by atoms with E-state index in [1.165, 1.54) is 12.1 Å². The first-order valence-electron chi connectivity index (χ1n) is 10.3. The summed E-state index contributed by atoms with van der Waals surface area (Å²) in [5.41, 5.74) is 2.66. The highest BCUT2D eigenvalue weighted by molar-refractivity contribution is 6.42. The maximum Gasteiger partial charge on any atom is 0.269 e. The Kier molecular flexibility index (Phi) is 5.02. The number of hydrogen-bond donors (Lipinski definition) is 1. The van der Waals surface area contributed by atoms with Crippen LogP contribution in [0, 0.1) is 15.5 Å². The van der Waals surface area contributed by atoms with Crippen molar-refractivity contribution in [3.63, 3.8) is 0 Å². The lowest BCUT2D eigenvalue weighted by Gasteiger charge is -2.38. The minimum absolute atomic E-state index is 0.0144. The van der Waals surface area contributed by atoms with E-state index in [2.05, 4.69) is 29.2 Å². The molecule has 0 spiro atoms. The van der Waals surface area contributed by atoms with Crippen molar-refractivity contribution in [3.05, 3.63) is 79.5 Å². The fourth-order valence-electron chi connectivity index (χ4n) is 4.45. The number of fused-ring (bicyclic) bond motifs is 1. The van der Waals surface area contributed by atoms with Crippen molar-refractivity contribution in [3.8, 4) is 11.4 Å². The third-order valence-corrected chi connectivity index (χ3v) is 6.67. The molecule has 3 aromatic rings. The average Bonchev–Trinajstić information content (AvgIpc) is 3.17. The highest BCUT2D eigenvalue weighted by Gasteiger charge is 2.42. The molecular formula is C23H19Cl2N5O3. The summed E-state index contributed by atoms with van der Waals surface area (Å²) < 4.78 is 1.67. The van der Waals surface area contributed by atoms with Crippen LogP contribution < -0.4 is 5.32 Å². The number of nitrogens with one attached hydrogen (secondary N) is 1. The van der Waals surface area contributed by atoms with Gasteiger partial charge in [-0.3, -0.25) is 14.9 Å². The van der Waals surface area contributed by atoms with Gasteiger partial charge in [-0.1, -0.05) is 43.1 Å². The van der Waals surface area contributed by atoms with Crippen LogP contribution in [0.1, 0.15) is 38.3 Å². The first-order chi connectivity index (χ1) is 15.6. The molecule has 8 nitrogen and oxygen atoms in total. The van der Waals surface area contributed by atoms with Gasteiger partial charge in [0.05, 0.1) is 15.0 Å². The van der Waals surface area contributed by atoms with Gasteiger partial charge in [0.25, 0.3) is 5.69 Å². The number of allylic oxidation sites excluding steroid dienone is 2. The zero-order valence-corrected chi connectivity index (χ0v) is 19.3. The lowest BCUT2D eigenvalue weighted by molar-refractivity contribution is -0.384. The number of nitro groups is 1. The van der Waals surface area contributed by atoms with Gasteiger partial charge in [-0.25, -0.2) is 4.68 Å². The molecule has 0 saturated heterocycles. The van der Waals surface area contributed by atoms with Crippen LogP contribution in [0.25, 0.3) is 11.4 Å². The van der Waals surface area contributed by atoms with E-state index in [9.17, 15) is 14.9 Å². The van der Waals surface area contributed by atoms with E-state index < -0.39 is 11.0 Å². The molecule has 1 unspecified atom stereocenters. The number of nitro benzene ring substituents is 1. The molecule has 2 aromatic carbocycles. The Morgan fingerprint density at radius 3 is 2.52 bits per heavy atom. The number of Topliss-reactive ketones (excluding diaryl/α,β-unsaturated/α-hetero) is 1. The lowest BCUT2D eigenvalue weighted by Crippen LogP contribution is -2.36. The zero-order valence-electron chi connectivity index (χ0n) is 17.8. The average molecular weight is 484 g/mol. The maximum absolute atomic E-state index is 13.3. The topological polar surface area (TPSA) is 103 Å². The molecule has 33 heavy (non-hydrogen) atoms. The monoisotopic (exact) mass is 483 g/mol. The highest BCUT2D eigenvalue weighted by Crippen LogP contribution is 2.46. The molecule has 0 amide bonds. The number of anilines is 1. The third-order valence-electron chi connectivity index (χ3n) is 5.93. The van der Waals surface area contributed by atoms with Crippen LogP contribution in [0.3, 0.4) is 0 Å². The first kappa shape index (κ1) is 21.6. The fraction of sp³-hybridized carbons (Fsp3) is 0.261. The van der Waals surface area contributed by atoms with Gasteiger partial charge in [0, 0.05) is 35.4 Å². The van der Waals surface area contributed by atoms with Gasteiger partial charge in [-0.05, 0) is 41.7 Å². The molecule has 1 aliphatic heterocycles. The molecule has 0 radical (unpaired) electrons. The van der Waals surface area contributed by atoms with Crippen molar-refractivity contribution in [1.82, 2.24) is 14.8 Å². The van der Waals surface area contributed by atoms with Crippen molar-refractivity contribution < 1.29 is 9.72 Å². The molecule has 2 aliphatic rings. The molecule has 0 bridgehead atoms. The summed E-state index contributed by atoms with van der Waals surface area (Å²) in [4.78, 5) is 28.5. The molecular weight excluding hydrogens is 465 g/mol. The minimum Gasteiger partial charge on any atom is -0.328 e. The Balaban J connectivity index is 1.65. The fourth-order valence-corrected chi connectivity index (χ4v) is 4.76. The van der Waals surface area contributed by atoms with Gasteiger partial charge in [0.1, 0.15) is 6.04 Å². The number of carbonyl (C=O) groups excluding carboxylic acids is 1. The van der Waals surface area contributed by atoms with Gasteiger partial charge in [0.15, 0.2) is 11.6 Å². The third kappa shape index (κ3) is 3.79. The second-order valence-electron chi connectivity index (χ2n) is 9.04. The molecule has 5 rings (SSSR count). The summed E-state index contributed by atoms with van der Waals surface area (Å²) in [5.74, 6) is 0.926. The number of carbonyl (C=O) groups is 1. The van der Waals surface area contributed by atoms with E-state index in [0.717, 1.165) is 11.3 Å². The van der Waals surface area contributed by atoms with Crippen LogP contribution in [0.2, 0.25) is 10.0 Å². The summed E-state index contributed by atoms with van der Waals surface area (Å²) in [6, 6.07) is 10.8. The Hall–Kier alpha value is -3.23. The summed E-state index contributed by atoms with van der Waals surface area (Å²) >= 11 is 12.4. The van der Waals surface area contributed by atoms with Gasteiger partial charge in [-0.2, -0.15) is 4.98 Å². The Morgan fingerprint density at radius 1 is 1.12 bits per heavy atom. The number of benzene rings is 2. The van der Waals surface area contributed by atoms with Crippen LogP contribution in [0.4, 0.5) is 11.6 Å². The highest BCUT2D eigenvalue weighted by atomic mass is 35.5. The van der Waals surface area contributed by atoms with E-state index in [4.69, 9.17) is 23.2 Å². The molecule has 0 saturated carbocycles. The Bertz CT molecular complexity index is 1340. The van der Waals surface area contributed by atoms with E-state index in [1.54, 1.807) is 28.9 Å². The number of ketones is 1. The normalized spacial score (nSPS) is 19.0. The van der Waals surface area contributed by atoms with Crippen LogP contribution >= 0.6 is 23.2 Å². The smallest absolute Gasteiger partial charge is 0.269 e. The Labute approximate surface area is 199 Å². The molecule has 1 aliphatic carbocycles. The summed E-state index contributed by atoms with van der Waals surface area (Å²) in [7, 11) is 0. The van der Waals surface area contributed by atoms with Crippen LogP contribution in [-0.4, -0.2) is 25.5 Å². The maximum atomic E-state index is 13.3. The zero-order chi connectivity index (χ0) is 23.5. The molecule has 1 N–H and O–H groups in total. The predicted octanol–water partition coefficient (Wildman–Crippen LogP) is 5.82. The van der Waals surface area contributed by atoms with E-state index in [0.29, 0.717) is 45.8 Å². The summed E-state index contributed by atoms with van der Waals surface area (Å²) in [6.45, 7) is 4.12. The molecule has 1 atom stereocenters. The quantitative estimate of drug-likeness (QED) is 0.371. The van der Waals surface area contributed by atoms with Gasteiger partial charge in [0.2, 0.25) is 5.95 Å². The van der Waals surface area contributed by atoms with Gasteiger partial charge in [-0.15, -0.1) is 5.10 Å². The van der Waals surface area contributed by atoms with E-state index in [1.807, 2.05) is 6.07 Å². The van der Waals surface area contributed by atoms with Crippen molar-refractivity contribution in [2.24, 2.45) is 5.41 Å². The second-order valence-corrected chi connectivity index (χ2v) is 9.86. The van der Waals surface area contributed by atoms with Crippen molar-refractivity contribution in [1.29, 1.82) is 0 Å². The van der Waals surface area contributed by atoms with Crippen LogP contribution in [0.5, 0.6) is 0 Å². The van der Waals surface area contributed by atoms with Gasteiger partial charge < -0.3 is 5.32 Å². The molecule has 168 valence electrons. The summed E-state index contributed by atoms with van der Waals surface area (Å²) in [6.07, 6.45) is 1.11. The SMILES string of the molecule is CC1(C)CC(=O)C2=C(C1)Nc1nc(-c3ccc([N+](=O)[O-])cc3)nn1C2c1ccc(Cl)c(Cl)c1. The number of halogens is 2. The van der Waals surface area contributed by atoms with Crippen LogP contribution in [-0.2, 0) is 4.79 Å². The Morgan fingerprint density at radius 2 is 1.85 bits per heavy atom. The number of hydrogen-bond acceptors (Lipinski definition) is 6. The predicted molar refractivity (Wildman–Crippen MR) is 125 cm³/mol. The van der Waals surface area contributed by atoms with Crippen molar-refractivity contribution >= 4 is 40.6 Å². The number of aromatic nitrogens is 3. The largest absolute Gasteiger partial charge is 0.328 e. The second kappa shape index (κ2) is 7.67. The van der Waals surface area contributed by atoms with Gasteiger partial charge >= 0.3 is 0 Å². The molecule has 10 heteroatoms. The lowest BCUT2D eigenvalue weighted by atomic mass is 9.73. The van der Waals surface area contributed by atoms with Crippen LogP contribution in [0.15, 0.2) is 53.7 Å². The molecule has 1 aromatic heterocycles. The number of rotatable bonds is 3. The first-order valence-corrected chi connectivity index (χ1v) is 11.1. The van der Waals surface area contributed by atoms with Crippen molar-refractivity contribution in [2.45, 2.75) is 32.7 Å².